The zero-order chi connectivity index (χ0) is 17.3. The van der Waals surface area contributed by atoms with Crippen molar-refractivity contribution in [2.45, 2.75) is 25.6 Å². The number of hydrogen-bond acceptors (Lipinski definition) is 2. The predicted octanol–water partition coefficient (Wildman–Crippen LogP) is 4.70. The van der Waals surface area contributed by atoms with E-state index in [0.29, 0.717) is 6.21 Å². The Balaban J connectivity index is 2.64. The van der Waals surface area contributed by atoms with Gasteiger partial charge in [0.1, 0.15) is 0 Å². The molecule has 2 amide bonds. The number of anilines is 1. The van der Waals surface area contributed by atoms with Crippen molar-refractivity contribution < 1.29 is 22.7 Å². The zero-order valence-electron chi connectivity index (χ0n) is 12.4. The van der Waals surface area contributed by atoms with Crippen molar-refractivity contribution in [2.24, 2.45) is 4.99 Å². The number of rotatable bonds is 3. The second-order valence-corrected chi connectivity index (χ2v) is 5.64. The molecule has 1 heterocycles. The van der Waals surface area contributed by atoms with E-state index in [4.69, 9.17) is 16.3 Å². The number of carbonyl (C=O) groups is 1. The first kappa shape index (κ1) is 17.5. The molecule has 0 fully saturated rings. The number of nitrogens with one attached hydrogen (secondary N) is 1. The largest absolute Gasteiger partial charge is 0.427 e. The highest BCUT2D eigenvalue weighted by Crippen LogP contribution is 2.45. The van der Waals surface area contributed by atoms with Gasteiger partial charge in [-0.2, -0.15) is 13.2 Å². The first-order valence-electron chi connectivity index (χ1n) is 6.66. The van der Waals surface area contributed by atoms with Gasteiger partial charge in [-0.25, -0.2) is 9.79 Å². The molecule has 0 aliphatic carbocycles. The Morgan fingerprint density at radius 2 is 2.13 bits per heavy atom. The van der Waals surface area contributed by atoms with Crippen LogP contribution in [0.2, 0.25) is 5.02 Å². The Kier molecular flexibility index (Phi) is 4.81. The number of nitrogens with zero attached hydrogens (tertiary/aromatic N) is 1. The average molecular weight is 347 g/mol. The minimum Gasteiger partial charge on any atom is -0.352 e. The van der Waals surface area contributed by atoms with Crippen LogP contribution >= 0.6 is 11.6 Å². The van der Waals surface area contributed by atoms with Crippen LogP contribution in [0.4, 0.5) is 23.7 Å². The van der Waals surface area contributed by atoms with Crippen molar-refractivity contribution in [3.8, 4) is 0 Å². The molecule has 1 aliphatic rings. The van der Waals surface area contributed by atoms with E-state index in [1.165, 1.54) is 18.2 Å². The number of urea groups is 1. The van der Waals surface area contributed by atoms with E-state index in [0.717, 1.165) is 11.6 Å². The molecule has 2 rings (SSSR count). The number of amides is 2. The number of aliphatic imine (C=N–C) groups is 1. The molecule has 4 nitrogen and oxygen atoms in total. The minimum absolute atomic E-state index is 0.0496. The summed E-state index contributed by atoms with van der Waals surface area (Å²) < 4.78 is 46.6. The van der Waals surface area contributed by atoms with Gasteiger partial charge in [0, 0.05) is 16.3 Å². The molecular weight excluding hydrogens is 333 g/mol. The van der Waals surface area contributed by atoms with Crippen molar-refractivity contribution in [3.05, 3.63) is 40.4 Å². The fraction of sp³-hybridized carbons (Fsp3) is 0.333. The Morgan fingerprint density at radius 3 is 2.74 bits per heavy atom. The average Bonchev–Trinajstić information content (AvgIpc) is 2.56. The fourth-order valence-electron chi connectivity index (χ4n) is 2.06. The molecule has 1 aromatic rings. The summed E-state index contributed by atoms with van der Waals surface area (Å²) in [5.74, 6) is 0. The maximum Gasteiger partial charge on any atom is 0.427 e. The van der Waals surface area contributed by atoms with Crippen LogP contribution in [0.25, 0.3) is 0 Å². The van der Waals surface area contributed by atoms with Crippen LogP contribution in [-0.4, -0.2) is 25.0 Å². The van der Waals surface area contributed by atoms with Crippen LogP contribution in [0, 0.1) is 0 Å². The van der Waals surface area contributed by atoms with E-state index in [9.17, 15) is 18.0 Å². The van der Waals surface area contributed by atoms with Gasteiger partial charge in [-0.15, -0.1) is 0 Å². The number of hydrogen-bond donors (Lipinski definition) is 1. The SMILES string of the molecule is CC(C)=CCOC1(C(F)(F)F)C=NC(=O)Nc2ccc(Cl)cc21. The number of fused-ring (bicyclic) bond motifs is 1. The van der Waals surface area contributed by atoms with Crippen LogP contribution < -0.4 is 5.32 Å². The van der Waals surface area contributed by atoms with Gasteiger partial charge in [-0.3, -0.25) is 0 Å². The minimum atomic E-state index is -4.84. The Morgan fingerprint density at radius 1 is 1.43 bits per heavy atom. The number of halogens is 4. The van der Waals surface area contributed by atoms with Gasteiger partial charge in [0.05, 0.1) is 12.8 Å². The molecule has 0 aromatic heterocycles. The van der Waals surface area contributed by atoms with E-state index < -0.39 is 17.8 Å². The Bertz CT molecular complexity index is 682. The Hall–Kier alpha value is -1.86. The van der Waals surface area contributed by atoms with E-state index in [1.54, 1.807) is 13.8 Å². The molecular formula is C15H14ClF3N2O2. The smallest absolute Gasteiger partial charge is 0.352 e. The van der Waals surface area contributed by atoms with Crippen LogP contribution in [0.5, 0.6) is 0 Å². The molecule has 1 aliphatic heterocycles. The normalized spacial score (nSPS) is 20.5. The lowest BCUT2D eigenvalue weighted by atomic mass is 9.92. The second kappa shape index (κ2) is 6.33. The molecule has 1 aromatic carbocycles. The van der Waals surface area contributed by atoms with Gasteiger partial charge < -0.3 is 10.1 Å². The summed E-state index contributed by atoms with van der Waals surface area (Å²) in [5.41, 5.74) is -2.42. The molecule has 124 valence electrons. The summed E-state index contributed by atoms with van der Waals surface area (Å²) in [6.45, 7) is 3.18. The number of benzene rings is 1. The van der Waals surface area contributed by atoms with Gasteiger partial charge >= 0.3 is 12.2 Å². The van der Waals surface area contributed by atoms with Crippen molar-refractivity contribution in [1.29, 1.82) is 0 Å². The molecule has 0 saturated carbocycles. The van der Waals surface area contributed by atoms with Crippen LogP contribution in [0.3, 0.4) is 0 Å². The molecule has 1 atom stereocenters. The summed E-state index contributed by atoms with van der Waals surface area (Å²) in [6.07, 6.45) is -2.85. The standard InChI is InChI=1S/C15H14ClF3N2O2/c1-9(2)5-6-23-14(15(17,18)19)8-20-13(22)21-12-4-3-10(16)7-11(12)14/h3-5,7-8H,6H2,1-2H3,(H,21,22). The molecule has 8 heteroatoms. The van der Waals surface area contributed by atoms with Gasteiger partial charge in [-0.05, 0) is 32.0 Å². The number of ether oxygens (including phenoxy) is 1. The van der Waals surface area contributed by atoms with Crippen molar-refractivity contribution in [2.75, 3.05) is 11.9 Å². The summed E-state index contributed by atoms with van der Waals surface area (Å²) in [7, 11) is 0. The number of alkyl halides is 3. The van der Waals surface area contributed by atoms with E-state index in [2.05, 4.69) is 10.3 Å². The molecule has 0 bridgehead atoms. The molecule has 0 saturated heterocycles. The van der Waals surface area contributed by atoms with Crippen molar-refractivity contribution in [3.63, 3.8) is 0 Å². The van der Waals surface area contributed by atoms with Crippen molar-refractivity contribution in [1.82, 2.24) is 0 Å². The predicted molar refractivity (Wildman–Crippen MR) is 82.1 cm³/mol. The summed E-state index contributed by atoms with van der Waals surface area (Å²) in [5, 5.41) is 2.38. The molecule has 1 unspecified atom stereocenters. The molecule has 0 radical (unpaired) electrons. The van der Waals surface area contributed by atoms with E-state index in [1.807, 2.05) is 0 Å². The summed E-state index contributed by atoms with van der Waals surface area (Å²) >= 11 is 5.84. The lowest BCUT2D eigenvalue weighted by Gasteiger charge is -2.32. The summed E-state index contributed by atoms with van der Waals surface area (Å²) in [6, 6.07) is 2.87. The lowest BCUT2D eigenvalue weighted by Crippen LogP contribution is -2.46. The van der Waals surface area contributed by atoms with Crippen LogP contribution in [-0.2, 0) is 10.3 Å². The maximum absolute atomic E-state index is 13.8. The van der Waals surface area contributed by atoms with E-state index >= 15 is 0 Å². The van der Waals surface area contributed by atoms with E-state index in [-0.39, 0.29) is 22.9 Å². The van der Waals surface area contributed by atoms with Gasteiger partial charge in [0.2, 0.25) is 5.60 Å². The van der Waals surface area contributed by atoms with Gasteiger partial charge in [-0.1, -0.05) is 23.3 Å². The highest BCUT2D eigenvalue weighted by atomic mass is 35.5. The number of carbonyl (C=O) groups excluding carboxylic acids is 1. The zero-order valence-corrected chi connectivity index (χ0v) is 13.1. The first-order valence-corrected chi connectivity index (χ1v) is 7.04. The Labute approximate surface area is 136 Å². The third-order valence-electron chi connectivity index (χ3n) is 3.21. The molecule has 23 heavy (non-hydrogen) atoms. The third-order valence-corrected chi connectivity index (χ3v) is 3.45. The topological polar surface area (TPSA) is 50.7 Å². The fourth-order valence-corrected chi connectivity index (χ4v) is 2.23. The third kappa shape index (κ3) is 3.56. The quantitative estimate of drug-likeness (QED) is 0.807. The van der Waals surface area contributed by atoms with Crippen LogP contribution in [0.15, 0.2) is 34.8 Å². The summed E-state index contributed by atoms with van der Waals surface area (Å²) in [4.78, 5) is 14.9. The molecule has 0 spiro atoms. The number of allylic oxidation sites excluding steroid dienone is 1. The monoisotopic (exact) mass is 346 g/mol. The van der Waals surface area contributed by atoms with Gasteiger partial charge in [0.15, 0.2) is 0 Å². The highest BCUT2D eigenvalue weighted by molar-refractivity contribution is 6.30. The maximum atomic E-state index is 13.8. The van der Waals surface area contributed by atoms with Gasteiger partial charge in [0.25, 0.3) is 0 Å². The molecule has 1 N–H and O–H groups in total. The lowest BCUT2D eigenvalue weighted by molar-refractivity contribution is -0.248. The highest BCUT2D eigenvalue weighted by Gasteiger charge is 2.58. The van der Waals surface area contributed by atoms with Crippen molar-refractivity contribution >= 4 is 29.5 Å². The second-order valence-electron chi connectivity index (χ2n) is 5.20. The van der Waals surface area contributed by atoms with Crippen LogP contribution in [0.1, 0.15) is 19.4 Å². The first-order chi connectivity index (χ1) is 10.7.